The van der Waals surface area contributed by atoms with Gasteiger partial charge in [-0.3, -0.25) is 0 Å². The molecule has 2 atom stereocenters. The van der Waals surface area contributed by atoms with Gasteiger partial charge in [0, 0.05) is 0 Å². The Morgan fingerprint density at radius 1 is 0.938 bits per heavy atom. The Morgan fingerprint density at radius 3 is 2.19 bits per heavy atom. The fraction of sp³-hybridized carbons (Fsp3) is 0.625. The van der Waals surface area contributed by atoms with Gasteiger partial charge in [0.1, 0.15) is 0 Å². The molecule has 2 unspecified atom stereocenters. The second kappa shape index (κ2) is 7.49. The van der Waals surface area contributed by atoms with Gasteiger partial charge in [0.2, 0.25) is 0 Å². The maximum absolute atomic E-state index is 2.36. The Labute approximate surface area is 101 Å². The smallest absolute Gasteiger partial charge is 0.0190 e. The Hall–Kier alpha value is -0.780. The van der Waals surface area contributed by atoms with Gasteiger partial charge in [-0.1, -0.05) is 76.8 Å². The molecule has 0 spiro atoms. The molecule has 0 aliphatic heterocycles. The maximum atomic E-state index is 2.36. The highest BCUT2D eigenvalue weighted by atomic mass is 14.1. The van der Waals surface area contributed by atoms with Crippen molar-refractivity contribution in [3.8, 4) is 0 Å². The van der Waals surface area contributed by atoms with Crippen LogP contribution in [0, 0.1) is 5.92 Å². The third kappa shape index (κ3) is 4.83. The van der Waals surface area contributed by atoms with Crippen molar-refractivity contribution in [2.24, 2.45) is 5.92 Å². The predicted molar refractivity (Wildman–Crippen MR) is 72.8 cm³/mol. The first-order valence-electron chi connectivity index (χ1n) is 6.79. The minimum Gasteiger partial charge on any atom is -0.0651 e. The van der Waals surface area contributed by atoms with Gasteiger partial charge in [-0.05, 0) is 23.8 Å². The molecule has 0 N–H and O–H groups in total. The molecule has 0 amide bonds. The zero-order valence-electron chi connectivity index (χ0n) is 11.1. The van der Waals surface area contributed by atoms with Crippen LogP contribution in [0.5, 0.6) is 0 Å². The number of hydrogen-bond acceptors (Lipinski definition) is 0. The highest BCUT2D eigenvalue weighted by Crippen LogP contribution is 2.22. The fourth-order valence-corrected chi connectivity index (χ4v) is 2.10. The van der Waals surface area contributed by atoms with Crippen molar-refractivity contribution in [2.75, 3.05) is 0 Å². The third-order valence-electron chi connectivity index (χ3n) is 3.65. The van der Waals surface area contributed by atoms with E-state index in [1.165, 1.54) is 37.7 Å². The van der Waals surface area contributed by atoms with E-state index in [0.29, 0.717) is 0 Å². The number of unbranched alkanes of at least 4 members (excludes halogenated alkanes) is 1. The summed E-state index contributed by atoms with van der Waals surface area (Å²) in [6, 6.07) is 10.9. The van der Waals surface area contributed by atoms with Crippen LogP contribution in [0.3, 0.4) is 0 Å². The van der Waals surface area contributed by atoms with E-state index in [4.69, 9.17) is 0 Å². The van der Waals surface area contributed by atoms with E-state index in [2.05, 4.69) is 51.1 Å². The van der Waals surface area contributed by atoms with E-state index in [0.717, 1.165) is 11.8 Å². The first-order valence-corrected chi connectivity index (χ1v) is 6.79. The molecule has 0 heterocycles. The van der Waals surface area contributed by atoms with Crippen LogP contribution < -0.4 is 0 Å². The minimum absolute atomic E-state index is 0.720. The standard InChI is InChI=1S/C16H26/c1-4-14(2)10-8-9-11-15(3)16-12-6-5-7-13-16/h5-7,12-15H,4,8-11H2,1-3H3. The van der Waals surface area contributed by atoms with Crippen LogP contribution in [-0.4, -0.2) is 0 Å². The van der Waals surface area contributed by atoms with Gasteiger partial charge in [0.05, 0.1) is 0 Å². The van der Waals surface area contributed by atoms with Gasteiger partial charge in [0.15, 0.2) is 0 Å². The summed E-state index contributed by atoms with van der Waals surface area (Å²) < 4.78 is 0. The van der Waals surface area contributed by atoms with Gasteiger partial charge in [-0.15, -0.1) is 0 Å². The third-order valence-corrected chi connectivity index (χ3v) is 3.65. The van der Waals surface area contributed by atoms with Gasteiger partial charge in [0.25, 0.3) is 0 Å². The van der Waals surface area contributed by atoms with Crippen LogP contribution >= 0.6 is 0 Å². The lowest BCUT2D eigenvalue weighted by atomic mass is 9.93. The van der Waals surface area contributed by atoms with E-state index < -0.39 is 0 Å². The van der Waals surface area contributed by atoms with Crippen molar-refractivity contribution < 1.29 is 0 Å². The number of hydrogen-bond donors (Lipinski definition) is 0. The average molecular weight is 218 g/mol. The van der Waals surface area contributed by atoms with Gasteiger partial charge in [-0.2, -0.15) is 0 Å². The molecule has 0 aliphatic rings. The number of rotatable bonds is 7. The molecule has 0 bridgehead atoms. The SMILES string of the molecule is CCC(C)CCCCC(C)c1ccccc1. The number of benzene rings is 1. The lowest BCUT2D eigenvalue weighted by Crippen LogP contribution is -1.95. The van der Waals surface area contributed by atoms with Gasteiger partial charge in [-0.25, -0.2) is 0 Å². The monoisotopic (exact) mass is 218 g/mol. The first-order chi connectivity index (χ1) is 7.74. The summed E-state index contributed by atoms with van der Waals surface area (Å²) in [7, 11) is 0. The molecule has 0 saturated carbocycles. The Morgan fingerprint density at radius 2 is 1.56 bits per heavy atom. The van der Waals surface area contributed by atoms with Crippen molar-refractivity contribution in [3.05, 3.63) is 35.9 Å². The summed E-state index contributed by atoms with van der Waals surface area (Å²) in [6.07, 6.45) is 6.83. The topological polar surface area (TPSA) is 0 Å². The van der Waals surface area contributed by atoms with E-state index in [-0.39, 0.29) is 0 Å². The molecule has 90 valence electrons. The molecule has 0 aliphatic carbocycles. The molecule has 0 aromatic heterocycles. The van der Waals surface area contributed by atoms with E-state index in [9.17, 15) is 0 Å². The molecule has 0 fully saturated rings. The Kier molecular flexibility index (Phi) is 6.22. The van der Waals surface area contributed by atoms with Gasteiger partial charge < -0.3 is 0 Å². The van der Waals surface area contributed by atoms with Crippen LogP contribution in [0.4, 0.5) is 0 Å². The molecule has 1 aromatic rings. The predicted octanol–water partition coefficient (Wildman–Crippen LogP) is 5.40. The summed E-state index contributed by atoms with van der Waals surface area (Å²) >= 11 is 0. The minimum atomic E-state index is 0.720. The zero-order valence-corrected chi connectivity index (χ0v) is 11.1. The normalized spacial score (nSPS) is 14.7. The average Bonchev–Trinajstić information content (AvgIpc) is 2.35. The van der Waals surface area contributed by atoms with Crippen LogP contribution in [-0.2, 0) is 0 Å². The van der Waals surface area contributed by atoms with E-state index >= 15 is 0 Å². The van der Waals surface area contributed by atoms with Crippen molar-refractivity contribution in [1.82, 2.24) is 0 Å². The summed E-state index contributed by atoms with van der Waals surface area (Å²) in [5, 5.41) is 0. The van der Waals surface area contributed by atoms with Crippen LogP contribution in [0.2, 0.25) is 0 Å². The maximum Gasteiger partial charge on any atom is -0.0190 e. The van der Waals surface area contributed by atoms with Crippen LogP contribution in [0.1, 0.15) is 64.4 Å². The highest BCUT2D eigenvalue weighted by molar-refractivity contribution is 5.18. The van der Waals surface area contributed by atoms with Crippen molar-refractivity contribution in [2.45, 2.75) is 58.8 Å². The molecule has 0 heteroatoms. The van der Waals surface area contributed by atoms with E-state index in [1.54, 1.807) is 0 Å². The van der Waals surface area contributed by atoms with Crippen molar-refractivity contribution in [3.63, 3.8) is 0 Å². The van der Waals surface area contributed by atoms with Crippen LogP contribution in [0.15, 0.2) is 30.3 Å². The van der Waals surface area contributed by atoms with Crippen molar-refractivity contribution >= 4 is 0 Å². The zero-order chi connectivity index (χ0) is 11.8. The Balaban J connectivity index is 2.18. The largest absolute Gasteiger partial charge is 0.0651 e. The van der Waals surface area contributed by atoms with Gasteiger partial charge >= 0.3 is 0 Å². The summed E-state index contributed by atoms with van der Waals surface area (Å²) in [5.41, 5.74) is 1.49. The lowest BCUT2D eigenvalue weighted by Gasteiger charge is -2.12. The molecule has 0 saturated heterocycles. The molecule has 0 nitrogen and oxygen atoms in total. The molecule has 0 radical (unpaired) electrons. The summed E-state index contributed by atoms with van der Waals surface area (Å²) in [6.45, 7) is 7.00. The fourth-order valence-electron chi connectivity index (χ4n) is 2.10. The second-order valence-electron chi connectivity index (χ2n) is 5.11. The molecule has 1 rings (SSSR count). The quantitative estimate of drug-likeness (QED) is 0.538. The van der Waals surface area contributed by atoms with E-state index in [1.807, 2.05) is 0 Å². The summed E-state index contributed by atoms with van der Waals surface area (Å²) in [4.78, 5) is 0. The molecule has 1 aromatic carbocycles. The van der Waals surface area contributed by atoms with Crippen LogP contribution in [0.25, 0.3) is 0 Å². The summed E-state index contributed by atoms with van der Waals surface area (Å²) in [5.74, 6) is 1.63. The molecular formula is C16H26. The molecular weight excluding hydrogens is 192 g/mol. The lowest BCUT2D eigenvalue weighted by molar-refractivity contribution is 0.469. The Bertz CT molecular complexity index is 263. The molecule has 16 heavy (non-hydrogen) atoms. The highest BCUT2D eigenvalue weighted by Gasteiger charge is 2.05. The van der Waals surface area contributed by atoms with Crippen molar-refractivity contribution in [1.29, 1.82) is 0 Å². The first kappa shape index (κ1) is 13.3. The second-order valence-corrected chi connectivity index (χ2v) is 5.11.